The summed E-state index contributed by atoms with van der Waals surface area (Å²) in [5.41, 5.74) is 7.65. The molecular formula is C9H22N4. The van der Waals surface area contributed by atoms with E-state index >= 15 is 0 Å². The maximum absolute atomic E-state index is 5.35. The Morgan fingerprint density at radius 1 is 1.15 bits per heavy atom. The standard InChI is InChI=1S/C9H22N4/c1-2-3-4-5-6-7-8-12-9(10)13-11/h2-8,11H2,1H3,(H3,10,12,13). The number of nitrogens with zero attached hydrogens (tertiary/aromatic N) is 1. The summed E-state index contributed by atoms with van der Waals surface area (Å²) in [7, 11) is 0. The second-order valence-corrected chi connectivity index (χ2v) is 3.18. The molecule has 0 saturated carbocycles. The van der Waals surface area contributed by atoms with Crippen molar-refractivity contribution in [2.45, 2.75) is 45.4 Å². The van der Waals surface area contributed by atoms with Gasteiger partial charge in [-0.3, -0.25) is 10.4 Å². The van der Waals surface area contributed by atoms with Crippen LogP contribution in [0.3, 0.4) is 0 Å². The number of hydrogen-bond acceptors (Lipinski definition) is 2. The third-order valence-corrected chi connectivity index (χ3v) is 1.94. The Kier molecular flexibility index (Phi) is 8.77. The highest BCUT2D eigenvalue weighted by Crippen LogP contribution is 2.04. The van der Waals surface area contributed by atoms with Crippen LogP contribution >= 0.6 is 0 Å². The molecule has 0 saturated heterocycles. The monoisotopic (exact) mass is 186 g/mol. The highest BCUT2D eigenvalue weighted by Gasteiger charge is 1.89. The molecule has 0 aromatic heterocycles. The predicted molar refractivity (Wildman–Crippen MR) is 57.2 cm³/mol. The normalized spacial score (nSPS) is 11.7. The minimum atomic E-state index is 0.327. The lowest BCUT2D eigenvalue weighted by Gasteiger charge is -1.99. The van der Waals surface area contributed by atoms with Gasteiger partial charge in [-0.05, 0) is 6.42 Å². The molecule has 0 aliphatic rings. The van der Waals surface area contributed by atoms with Crippen LogP contribution in [0.1, 0.15) is 45.4 Å². The van der Waals surface area contributed by atoms with Gasteiger partial charge in [-0.25, -0.2) is 5.84 Å². The first-order valence-electron chi connectivity index (χ1n) is 5.07. The number of nitrogens with one attached hydrogen (secondary N) is 1. The molecule has 0 atom stereocenters. The van der Waals surface area contributed by atoms with Crippen molar-refractivity contribution in [3.8, 4) is 0 Å². The molecule has 0 radical (unpaired) electrons. The highest BCUT2D eigenvalue weighted by molar-refractivity contribution is 5.76. The molecule has 0 amide bonds. The molecule has 13 heavy (non-hydrogen) atoms. The molecule has 0 bridgehead atoms. The molecule has 0 unspecified atom stereocenters. The molecule has 0 rings (SSSR count). The van der Waals surface area contributed by atoms with Crippen molar-refractivity contribution in [3.63, 3.8) is 0 Å². The van der Waals surface area contributed by atoms with E-state index in [1.165, 1.54) is 32.1 Å². The number of hydrazine groups is 1. The third kappa shape index (κ3) is 9.14. The van der Waals surface area contributed by atoms with Crippen LogP contribution in [-0.2, 0) is 0 Å². The Morgan fingerprint density at radius 3 is 2.38 bits per heavy atom. The van der Waals surface area contributed by atoms with E-state index < -0.39 is 0 Å². The van der Waals surface area contributed by atoms with Gasteiger partial charge in [0.1, 0.15) is 0 Å². The van der Waals surface area contributed by atoms with Crippen molar-refractivity contribution in [1.29, 1.82) is 0 Å². The van der Waals surface area contributed by atoms with Crippen molar-refractivity contribution in [3.05, 3.63) is 0 Å². The smallest absolute Gasteiger partial charge is 0.203 e. The van der Waals surface area contributed by atoms with Crippen molar-refractivity contribution >= 4 is 5.96 Å². The van der Waals surface area contributed by atoms with Crippen LogP contribution in [0.4, 0.5) is 0 Å². The molecule has 0 heterocycles. The zero-order valence-corrected chi connectivity index (χ0v) is 8.55. The fraction of sp³-hybridized carbons (Fsp3) is 0.889. The van der Waals surface area contributed by atoms with Crippen LogP contribution in [0.5, 0.6) is 0 Å². The van der Waals surface area contributed by atoms with E-state index in [1.807, 2.05) is 0 Å². The van der Waals surface area contributed by atoms with Gasteiger partial charge in [0.2, 0.25) is 5.96 Å². The molecule has 0 aromatic carbocycles. The number of rotatable bonds is 7. The van der Waals surface area contributed by atoms with E-state index in [2.05, 4.69) is 17.3 Å². The fourth-order valence-corrected chi connectivity index (χ4v) is 1.14. The number of hydrogen-bond donors (Lipinski definition) is 3. The van der Waals surface area contributed by atoms with Crippen LogP contribution in [-0.4, -0.2) is 12.5 Å². The van der Waals surface area contributed by atoms with Crippen LogP contribution in [0.15, 0.2) is 4.99 Å². The van der Waals surface area contributed by atoms with Crippen LogP contribution < -0.4 is 17.0 Å². The van der Waals surface area contributed by atoms with Crippen molar-refractivity contribution < 1.29 is 0 Å². The summed E-state index contributed by atoms with van der Waals surface area (Å²) < 4.78 is 0. The zero-order chi connectivity index (χ0) is 9.94. The molecule has 0 spiro atoms. The average molecular weight is 186 g/mol. The second-order valence-electron chi connectivity index (χ2n) is 3.18. The Bertz CT molecular complexity index is 134. The molecule has 4 heteroatoms. The van der Waals surface area contributed by atoms with Gasteiger partial charge in [0.25, 0.3) is 0 Å². The summed E-state index contributed by atoms with van der Waals surface area (Å²) in [6, 6.07) is 0. The van der Waals surface area contributed by atoms with Gasteiger partial charge in [-0.2, -0.15) is 0 Å². The van der Waals surface area contributed by atoms with Gasteiger partial charge in [0.15, 0.2) is 0 Å². The zero-order valence-electron chi connectivity index (χ0n) is 8.55. The Balaban J connectivity index is 3.08. The second kappa shape index (κ2) is 9.32. The van der Waals surface area contributed by atoms with E-state index in [0.29, 0.717) is 5.96 Å². The summed E-state index contributed by atoms with van der Waals surface area (Å²) in [4.78, 5) is 4.02. The first-order chi connectivity index (χ1) is 6.31. The van der Waals surface area contributed by atoms with Crippen LogP contribution in [0, 0.1) is 0 Å². The Morgan fingerprint density at radius 2 is 1.77 bits per heavy atom. The Labute approximate surface area is 80.8 Å². The quantitative estimate of drug-likeness (QED) is 0.183. The van der Waals surface area contributed by atoms with E-state index in [4.69, 9.17) is 11.6 Å². The lowest BCUT2D eigenvalue weighted by atomic mass is 10.1. The average Bonchev–Trinajstić information content (AvgIpc) is 2.16. The van der Waals surface area contributed by atoms with Gasteiger partial charge in [0, 0.05) is 6.54 Å². The van der Waals surface area contributed by atoms with Gasteiger partial charge in [-0.1, -0.05) is 39.0 Å². The third-order valence-electron chi connectivity index (χ3n) is 1.94. The lowest BCUT2D eigenvalue weighted by molar-refractivity contribution is 0.612. The van der Waals surface area contributed by atoms with Crippen LogP contribution in [0.25, 0.3) is 0 Å². The number of unbranched alkanes of at least 4 members (excludes halogenated alkanes) is 5. The largest absolute Gasteiger partial charge is 0.369 e. The summed E-state index contributed by atoms with van der Waals surface area (Å²) in [5, 5.41) is 0. The van der Waals surface area contributed by atoms with E-state index in [0.717, 1.165) is 13.0 Å². The summed E-state index contributed by atoms with van der Waals surface area (Å²) >= 11 is 0. The van der Waals surface area contributed by atoms with E-state index in [9.17, 15) is 0 Å². The minimum Gasteiger partial charge on any atom is -0.369 e. The van der Waals surface area contributed by atoms with E-state index in [-0.39, 0.29) is 0 Å². The van der Waals surface area contributed by atoms with Gasteiger partial charge in [0.05, 0.1) is 0 Å². The molecule has 0 aliphatic heterocycles. The summed E-state index contributed by atoms with van der Waals surface area (Å²) in [6.07, 6.45) is 7.62. The van der Waals surface area contributed by atoms with Crippen LogP contribution in [0.2, 0.25) is 0 Å². The Hall–Kier alpha value is -0.770. The predicted octanol–water partition coefficient (Wildman–Crippen LogP) is 1.12. The SMILES string of the molecule is CCCCCCCCN=C(N)NN. The fourth-order valence-electron chi connectivity index (χ4n) is 1.14. The molecule has 0 fully saturated rings. The minimum absolute atomic E-state index is 0.327. The summed E-state index contributed by atoms with van der Waals surface area (Å²) in [6.45, 7) is 3.00. The number of aliphatic imine (C=N–C) groups is 1. The topological polar surface area (TPSA) is 76.4 Å². The van der Waals surface area contributed by atoms with Crippen molar-refractivity contribution in [2.75, 3.05) is 6.54 Å². The first kappa shape index (κ1) is 12.2. The van der Waals surface area contributed by atoms with Crippen molar-refractivity contribution in [2.24, 2.45) is 16.6 Å². The maximum atomic E-state index is 5.35. The number of nitrogens with two attached hydrogens (primary N) is 2. The molecular weight excluding hydrogens is 164 g/mol. The summed E-state index contributed by atoms with van der Waals surface area (Å²) in [5.74, 6) is 5.37. The molecule has 5 N–H and O–H groups in total. The first-order valence-corrected chi connectivity index (χ1v) is 5.07. The number of guanidine groups is 1. The lowest BCUT2D eigenvalue weighted by Crippen LogP contribution is -2.37. The molecule has 4 nitrogen and oxygen atoms in total. The maximum Gasteiger partial charge on any atom is 0.203 e. The molecule has 78 valence electrons. The highest BCUT2D eigenvalue weighted by atomic mass is 15.3. The van der Waals surface area contributed by atoms with Gasteiger partial charge >= 0.3 is 0 Å². The van der Waals surface area contributed by atoms with Gasteiger partial charge < -0.3 is 5.73 Å². The van der Waals surface area contributed by atoms with Gasteiger partial charge in [-0.15, -0.1) is 0 Å². The molecule has 0 aromatic rings. The van der Waals surface area contributed by atoms with Crippen molar-refractivity contribution in [1.82, 2.24) is 5.43 Å². The van der Waals surface area contributed by atoms with E-state index in [1.54, 1.807) is 0 Å². The molecule has 0 aliphatic carbocycles.